The van der Waals surface area contributed by atoms with Gasteiger partial charge in [-0.1, -0.05) is 32.9 Å². The molecule has 0 bridgehead atoms. The van der Waals surface area contributed by atoms with Gasteiger partial charge in [-0.3, -0.25) is 0 Å². The second-order valence-electron chi connectivity index (χ2n) is 5.59. The Hall–Kier alpha value is -1.79. The van der Waals surface area contributed by atoms with Crippen molar-refractivity contribution in [2.24, 2.45) is 0 Å². The van der Waals surface area contributed by atoms with Gasteiger partial charge in [-0.05, 0) is 29.2 Å². The van der Waals surface area contributed by atoms with E-state index in [1.165, 1.54) is 10.4 Å². The minimum atomic E-state index is 0.188. The number of hydrogen-bond acceptors (Lipinski definition) is 3. The third-order valence-electron chi connectivity index (χ3n) is 3.00. The fourth-order valence-corrected chi connectivity index (χ4v) is 2.56. The lowest BCUT2D eigenvalue weighted by Gasteiger charge is -2.19. The minimum absolute atomic E-state index is 0.188. The molecule has 2 nitrogen and oxygen atoms in total. The topological polar surface area (TPSA) is 35.8 Å². The normalized spacial score (nSPS) is 11.1. The highest BCUT2D eigenvalue weighted by Gasteiger charge is 2.12. The minimum Gasteiger partial charge on any atom is -0.380 e. The first-order chi connectivity index (χ1) is 8.99. The molecule has 0 spiro atoms. The number of rotatable bonds is 3. The first-order valence-corrected chi connectivity index (χ1v) is 7.19. The van der Waals surface area contributed by atoms with Crippen molar-refractivity contribution in [3.05, 3.63) is 51.7 Å². The molecule has 0 radical (unpaired) electrons. The van der Waals surface area contributed by atoms with Crippen molar-refractivity contribution in [1.82, 2.24) is 0 Å². The quantitative estimate of drug-likeness (QED) is 0.889. The molecular weight excluding hydrogens is 252 g/mol. The van der Waals surface area contributed by atoms with Gasteiger partial charge in [-0.2, -0.15) is 5.26 Å². The van der Waals surface area contributed by atoms with Crippen LogP contribution < -0.4 is 5.32 Å². The first kappa shape index (κ1) is 13.6. The van der Waals surface area contributed by atoms with Crippen LogP contribution in [0.4, 0.5) is 5.69 Å². The summed E-state index contributed by atoms with van der Waals surface area (Å²) >= 11 is 1.62. The predicted octanol–water partition coefficient (Wildman–Crippen LogP) is 4.53. The van der Waals surface area contributed by atoms with Gasteiger partial charge in [0.15, 0.2) is 0 Å². The highest BCUT2D eigenvalue weighted by molar-refractivity contribution is 7.10. The fraction of sp³-hybridized carbons (Fsp3) is 0.312. The van der Waals surface area contributed by atoms with Gasteiger partial charge in [0.25, 0.3) is 0 Å². The number of hydrogen-bond donors (Lipinski definition) is 1. The third kappa shape index (κ3) is 3.59. The summed E-state index contributed by atoms with van der Waals surface area (Å²) in [6.45, 7) is 7.40. The van der Waals surface area contributed by atoms with E-state index in [2.05, 4.69) is 56.4 Å². The Kier molecular flexibility index (Phi) is 3.92. The molecule has 19 heavy (non-hydrogen) atoms. The molecule has 0 amide bonds. The lowest BCUT2D eigenvalue weighted by molar-refractivity contribution is 0.590. The van der Waals surface area contributed by atoms with Crippen molar-refractivity contribution in [2.45, 2.75) is 32.7 Å². The Morgan fingerprint density at radius 1 is 1.21 bits per heavy atom. The van der Waals surface area contributed by atoms with Crippen molar-refractivity contribution in [3.8, 4) is 6.07 Å². The molecule has 1 N–H and O–H groups in total. The molecule has 0 unspecified atom stereocenters. The van der Waals surface area contributed by atoms with E-state index in [1.54, 1.807) is 11.3 Å². The van der Waals surface area contributed by atoms with Crippen molar-refractivity contribution < 1.29 is 0 Å². The number of nitrogens with one attached hydrogen (secondary N) is 1. The Labute approximate surface area is 118 Å². The highest BCUT2D eigenvalue weighted by atomic mass is 32.1. The van der Waals surface area contributed by atoms with Crippen LogP contribution in [0.5, 0.6) is 0 Å². The van der Waals surface area contributed by atoms with Crippen molar-refractivity contribution >= 4 is 17.0 Å². The Bertz CT molecular complexity index is 582. The molecule has 0 aliphatic rings. The molecule has 0 saturated carbocycles. The molecule has 3 heteroatoms. The van der Waals surface area contributed by atoms with E-state index < -0.39 is 0 Å². The van der Waals surface area contributed by atoms with Crippen LogP contribution in [0.15, 0.2) is 35.7 Å². The van der Waals surface area contributed by atoms with Gasteiger partial charge >= 0.3 is 0 Å². The summed E-state index contributed by atoms with van der Waals surface area (Å²) in [6, 6.07) is 12.6. The van der Waals surface area contributed by atoms with E-state index in [-0.39, 0.29) is 5.41 Å². The summed E-state index contributed by atoms with van der Waals surface area (Å²) < 4.78 is 0. The lowest BCUT2D eigenvalue weighted by atomic mass is 9.87. The van der Waals surface area contributed by atoms with Gasteiger partial charge in [-0.15, -0.1) is 11.3 Å². The summed E-state index contributed by atoms with van der Waals surface area (Å²) in [4.78, 5) is 1.18. The van der Waals surface area contributed by atoms with E-state index in [1.807, 2.05) is 11.4 Å². The van der Waals surface area contributed by atoms with E-state index in [4.69, 9.17) is 5.26 Å². The molecule has 1 heterocycles. The van der Waals surface area contributed by atoms with Gasteiger partial charge in [0.1, 0.15) is 6.07 Å². The van der Waals surface area contributed by atoms with Gasteiger partial charge in [0.2, 0.25) is 0 Å². The highest BCUT2D eigenvalue weighted by Crippen LogP contribution is 2.24. The fourth-order valence-electron chi connectivity index (χ4n) is 1.81. The number of thiophene rings is 1. The molecule has 2 aromatic rings. The number of nitrogens with zero attached hydrogens (tertiary/aromatic N) is 1. The summed E-state index contributed by atoms with van der Waals surface area (Å²) in [5, 5.41) is 14.0. The number of benzene rings is 1. The molecule has 0 atom stereocenters. The maximum atomic E-state index is 8.78. The lowest BCUT2D eigenvalue weighted by Crippen LogP contribution is -2.10. The molecule has 0 aliphatic heterocycles. The van der Waals surface area contributed by atoms with Crippen molar-refractivity contribution in [2.75, 3.05) is 5.32 Å². The van der Waals surface area contributed by atoms with Crippen LogP contribution in [0, 0.1) is 11.3 Å². The first-order valence-electron chi connectivity index (χ1n) is 6.31. The van der Waals surface area contributed by atoms with Gasteiger partial charge in [-0.25, -0.2) is 0 Å². The smallest absolute Gasteiger partial charge is 0.100 e. The molecule has 1 aromatic carbocycles. The Morgan fingerprint density at radius 2 is 1.89 bits per heavy atom. The zero-order valence-corrected chi connectivity index (χ0v) is 12.3. The van der Waals surface area contributed by atoms with Gasteiger partial charge in [0, 0.05) is 22.5 Å². The number of nitriles is 1. The van der Waals surface area contributed by atoms with Gasteiger partial charge in [0.05, 0.1) is 5.56 Å². The monoisotopic (exact) mass is 270 g/mol. The summed E-state index contributed by atoms with van der Waals surface area (Å²) in [5.41, 5.74) is 3.37. The zero-order chi connectivity index (χ0) is 13.9. The zero-order valence-electron chi connectivity index (χ0n) is 11.5. The van der Waals surface area contributed by atoms with E-state index in [0.717, 1.165) is 17.8 Å². The number of anilines is 1. The van der Waals surface area contributed by atoms with E-state index in [9.17, 15) is 0 Å². The molecule has 0 aliphatic carbocycles. The van der Waals surface area contributed by atoms with E-state index >= 15 is 0 Å². The molecule has 0 saturated heterocycles. The van der Waals surface area contributed by atoms with Crippen LogP contribution >= 0.6 is 11.3 Å². The molecule has 98 valence electrons. The van der Waals surface area contributed by atoms with Gasteiger partial charge < -0.3 is 5.32 Å². The second kappa shape index (κ2) is 5.46. The predicted molar refractivity (Wildman–Crippen MR) is 81.5 cm³/mol. The van der Waals surface area contributed by atoms with Crippen LogP contribution in [0.2, 0.25) is 0 Å². The van der Waals surface area contributed by atoms with Crippen LogP contribution in [0.1, 0.15) is 36.8 Å². The molecular formula is C16H18N2S. The molecule has 2 rings (SSSR count). The summed E-state index contributed by atoms with van der Waals surface area (Å²) in [6.07, 6.45) is 0. The molecule has 1 aromatic heterocycles. The SMILES string of the molecule is CC(C)(C)c1ccc(NCc2cc(C#N)cs2)cc1. The Morgan fingerprint density at radius 3 is 2.42 bits per heavy atom. The summed E-state index contributed by atoms with van der Waals surface area (Å²) in [5.74, 6) is 0. The second-order valence-corrected chi connectivity index (χ2v) is 6.59. The third-order valence-corrected chi connectivity index (χ3v) is 3.94. The van der Waals surface area contributed by atoms with Crippen LogP contribution in [0.3, 0.4) is 0 Å². The average Bonchev–Trinajstić information content (AvgIpc) is 2.84. The van der Waals surface area contributed by atoms with Crippen LogP contribution in [0.25, 0.3) is 0 Å². The van der Waals surface area contributed by atoms with Crippen LogP contribution in [-0.4, -0.2) is 0 Å². The largest absolute Gasteiger partial charge is 0.380 e. The van der Waals surface area contributed by atoms with Crippen molar-refractivity contribution in [1.29, 1.82) is 5.26 Å². The van der Waals surface area contributed by atoms with E-state index in [0.29, 0.717) is 0 Å². The Balaban J connectivity index is 1.99. The molecule has 0 fully saturated rings. The van der Waals surface area contributed by atoms with Crippen molar-refractivity contribution in [3.63, 3.8) is 0 Å². The standard InChI is InChI=1S/C16H18N2S/c1-16(2,3)13-4-6-14(7-5-13)18-10-15-8-12(9-17)11-19-15/h4-8,11,18H,10H2,1-3H3. The van der Waals surface area contributed by atoms with Crippen LogP contribution in [-0.2, 0) is 12.0 Å². The maximum absolute atomic E-state index is 8.78. The summed E-state index contributed by atoms with van der Waals surface area (Å²) in [7, 11) is 0. The maximum Gasteiger partial charge on any atom is 0.100 e. The average molecular weight is 270 g/mol.